The molecular weight excluding hydrogens is 334 g/mol. The summed E-state index contributed by atoms with van der Waals surface area (Å²) in [5, 5.41) is 10.8. The Morgan fingerprint density at radius 2 is 1.84 bits per heavy atom. The zero-order chi connectivity index (χ0) is 17.9. The lowest BCUT2D eigenvalue weighted by Crippen LogP contribution is -2.49. The predicted molar refractivity (Wildman–Crippen MR) is 102 cm³/mol. The second-order valence-corrected chi connectivity index (χ2v) is 6.68. The summed E-state index contributed by atoms with van der Waals surface area (Å²) in [4.78, 5) is 25.5. The third-order valence-corrected chi connectivity index (χ3v) is 4.55. The van der Waals surface area contributed by atoms with Gasteiger partial charge < -0.3 is 16.0 Å². The maximum atomic E-state index is 12.5. The number of hydrogen-bond donors (Lipinski definition) is 3. The molecule has 1 heterocycles. The Balaban J connectivity index is 1.95. The van der Waals surface area contributed by atoms with Crippen molar-refractivity contribution in [2.75, 3.05) is 19.6 Å². The van der Waals surface area contributed by atoms with Crippen LogP contribution in [0.25, 0.3) is 0 Å². The number of benzene rings is 1. The van der Waals surface area contributed by atoms with Gasteiger partial charge in [-0.3, -0.25) is 9.59 Å². The summed E-state index contributed by atoms with van der Waals surface area (Å²) >= 11 is 1.36. The highest BCUT2D eigenvalue weighted by Gasteiger charge is 2.22. The molecule has 2 rings (SSSR count). The number of amides is 2. The van der Waals surface area contributed by atoms with Crippen molar-refractivity contribution >= 4 is 23.2 Å². The molecule has 0 aliphatic carbocycles. The molecule has 0 saturated heterocycles. The molecule has 0 radical (unpaired) electrons. The molecule has 6 heteroatoms. The van der Waals surface area contributed by atoms with Crippen LogP contribution in [0, 0.1) is 0 Å². The molecule has 0 bridgehead atoms. The number of hydrogen-bond acceptors (Lipinski definition) is 4. The van der Waals surface area contributed by atoms with Crippen LogP contribution in [0.5, 0.6) is 0 Å². The second kappa shape index (κ2) is 10.6. The molecule has 134 valence electrons. The highest BCUT2D eigenvalue weighted by molar-refractivity contribution is 7.12. The number of carbonyl (C=O) groups is 2. The Hall–Kier alpha value is -2.18. The average Bonchev–Trinajstić information content (AvgIpc) is 3.16. The van der Waals surface area contributed by atoms with Gasteiger partial charge in [-0.05, 0) is 30.0 Å². The summed E-state index contributed by atoms with van der Waals surface area (Å²) in [5.41, 5.74) is 1.01. The standard InChI is InChI=1S/C19H25N3O2S/c1-2-10-20-11-12-21-18(23)16(14-15-7-4-3-5-8-15)22-19(24)17-9-6-13-25-17/h3-9,13,16,20H,2,10-12,14H2,1H3,(H,21,23)(H,22,24). The third-order valence-electron chi connectivity index (χ3n) is 3.68. The molecule has 1 aromatic heterocycles. The van der Waals surface area contributed by atoms with Crippen LogP contribution in [0.3, 0.4) is 0 Å². The van der Waals surface area contributed by atoms with Gasteiger partial charge in [0.15, 0.2) is 0 Å². The molecule has 0 fully saturated rings. The van der Waals surface area contributed by atoms with Gasteiger partial charge in [0.1, 0.15) is 6.04 Å². The molecule has 2 amide bonds. The molecular formula is C19H25N3O2S. The van der Waals surface area contributed by atoms with Gasteiger partial charge in [-0.25, -0.2) is 0 Å². The van der Waals surface area contributed by atoms with E-state index in [0.717, 1.165) is 25.1 Å². The highest BCUT2D eigenvalue weighted by Crippen LogP contribution is 2.10. The largest absolute Gasteiger partial charge is 0.353 e. The van der Waals surface area contributed by atoms with Gasteiger partial charge in [0.05, 0.1) is 4.88 Å². The van der Waals surface area contributed by atoms with Gasteiger partial charge in [-0.15, -0.1) is 11.3 Å². The molecule has 0 saturated carbocycles. The fourth-order valence-electron chi connectivity index (χ4n) is 2.40. The smallest absolute Gasteiger partial charge is 0.262 e. The first-order chi connectivity index (χ1) is 12.2. The number of rotatable bonds is 10. The van der Waals surface area contributed by atoms with E-state index in [-0.39, 0.29) is 11.8 Å². The number of carbonyl (C=O) groups excluding carboxylic acids is 2. The van der Waals surface area contributed by atoms with Crippen molar-refractivity contribution < 1.29 is 9.59 Å². The van der Waals surface area contributed by atoms with E-state index in [1.807, 2.05) is 41.8 Å². The Kier molecular flexibility index (Phi) is 8.15. The van der Waals surface area contributed by atoms with Crippen LogP contribution in [-0.2, 0) is 11.2 Å². The minimum atomic E-state index is -0.594. The maximum absolute atomic E-state index is 12.5. The van der Waals surface area contributed by atoms with Crippen LogP contribution in [0.4, 0.5) is 0 Å². The molecule has 5 nitrogen and oxygen atoms in total. The molecule has 0 spiro atoms. The lowest BCUT2D eigenvalue weighted by atomic mass is 10.1. The van der Waals surface area contributed by atoms with Gasteiger partial charge in [0.2, 0.25) is 5.91 Å². The molecule has 2 aromatic rings. The fraction of sp³-hybridized carbons (Fsp3) is 0.368. The Morgan fingerprint density at radius 3 is 2.52 bits per heavy atom. The van der Waals surface area contributed by atoms with Crippen molar-refractivity contribution in [3.05, 3.63) is 58.3 Å². The summed E-state index contributed by atoms with van der Waals surface area (Å²) in [7, 11) is 0. The van der Waals surface area contributed by atoms with E-state index in [4.69, 9.17) is 0 Å². The summed E-state index contributed by atoms with van der Waals surface area (Å²) in [6.45, 7) is 4.29. The second-order valence-electron chi connectivity index (χ2n) is 5.73. The van der Waals surface area contributed by atoms with Gasteiger partial charge in [-0.2, -0.15) is 0 Å². The summed E-state index contributed by atoms with van der Waals surface area (Å²) in [5.74, 6) is -0.373. The summed E-state index contributed by atoms with van der Waals surface area (Å²) in [6.07, 6.45) is 1.52. The SMILES string of the molecule is CCCNCCNC(=O)C(Cc1ccccc1)NC(=O)c1cccs1. The Labute approximate surface area is 152 Å². The van der Waals surface area contributed by atoms with Gasteiger partial charge >= 0.3 is 0 Å². The molecule has 1 unspecified atom stereocenters. The van der Waals surface area contributed by atoms with E-state index < -0.39 is 6.04 Å². The molecule has 3 N–H and O–H groups in total. The lowest BCUT2D eigenvalue weighted by molar-refractivity contribution is -0.122. The van der Waals surface area contributed by atoms with Crippen LogP contribution in [0.1, 0.15) is 28.6 Å². The van der Waals surface area contributed by atoms with Crippen LogP contribution in [0.2, 0.25) is 0 Å². The molecule has 1 aromatic carbocycles. The van der Waals surface area contributed by atoms with Gasteiger partial charge in [0, 0.05) is 19.5 Å². The third kappa shape index (κ3) is 6.68. The first-order valence-corrected chi connectivity index (χ1v) is 9.45. The van der Waals surface area contributed by atoms with Crippen molar-refractivity contribution in [2.24, 2.45) is 0 Å². The van der Waals surface area contributed by atoms with E-state index in [9.17, 15) is 9.59 Å². The zero-order valence-corrected chi connectivity index (χ0v) is 15.3. The van der Waals surface area contributed by atoms with Crippen LogP contribution < -0.4 is 16.0 Å². The van der Waals surface area contributed by atoms with E-state index in [2.05, 4.69) is 22.9 Å². The maximum Gasteiger partial charge on any atom is 0.262 e. The van der Waals surface area contributed by atoms with E-state index >= 15 is 0 Å². The van der Waals surface area contributed by atoms with E-state index in [0.29, 0.717) is 17.8 Å². The monoisotopic (exact) mass is 359 g/mol. The van der Waals surface area contributed by atoms with Crippen molar-refractivity contribution in [2.45, 2.75) is 25.8 Å². The quantitative estimate of drug-likeness (QED) is 0.570. The lowest BCUT2D eigenvalue weighted by Gasteiger charge is -2.18. The molecule has 25 heavy (non-hydrogen) atoms. The van der Waals surface area contributed by atoms with Crippen LogP contribution in [0.15, 0.2) is 47.8 Å². The van der Waals surface area contributed by atoms with Gasteiger partial charge in [0.25, 0.3) is 5.91 Å². The Bertz CT molecular complexity index is 644. The average molecular weight is 359 g/mol. The number of nitrogens with one attached hydrogen (secondary N) is 3. The van der Waals surface area contributed by atoms with Crippen molar-refractivity contribution in [3.63, 3.8) is 0 Å². The summed E-state index contributed by atoms with van der Waals surface area (Å²) < 4.78 is 0. The van der Waals surface area contributed by atoms with E-state index in [1.165, 1.54) is 11.3 Å². The minimum Gasteiger partial charge on any atom is -0.353 e. The van der Waals surface area contributed by atoms with E-state index in [1.54, 1.807) is 6.07 Å². The van der Waals surface area contributed by atoms with Gasteiger partial charge in [-0.1, -0.05) is 43.3 Å². The zero-order valence-electron chi connectivity index (χ0n) is 14.5. The molecule has 0 aliphatic rings. The first kappa shape index (κ1) is 19.1. The fourth-order valence-corrected chi connectivity index (χ4v) is 3.02. The van der Waals surface area contributed by atoms with Crippen LogP contribution >= 0.6 is 11.3 Å². The Morgan fingerprint density at radius 1 is 1.04 bits per heavy atom. The summed E-state index contributed by atoms with van der Waals surface area (Å²) in [6, 6.07) is 12.7. The highest BCUT2D eigenvalue weighted by atomic mass is 32.1. The minimum absolute atomic E-state index is 0.160. The molecule has 1 atom stereocenters. The van der Waals surface area contributed by atoms with Crippen molar-refractivity contribution in [1.82, 2.24) is 16.0 Å². The topological polar surface area (TPSA) is 70.2 Å². The predicted octanol–water partition coefficient (Wildman–Crippen LogP) is 2.21. The van der Waals surface area contributed by atoms with Crippen LogP contribution in [-0.4, -0.2) is 37.5 Å². The van der Waals surface area contributed by atoms with Crippen molar-refractivity contribution in [1.29, 1.82) is 0 Å². The normalized spacial score (nSPS) is 11.7. The molecule has 0 aliphatic heterocycles. The van der Waals surface area contributed by atoms with Crippen molar-refractivity contribution in [3.8, 4) is 0 Å². The first-order valence-electron chi connectivity index (χ1n) is 8.57. The number of thiophene rings is 1.